The predicted molar refractivity (Wildman–Crippen MR) is 78.1 cm³/mol. The van der Waals surface area contributed by atoms with E-state index in [1.807, 2.05) is 31.2 Å². The van der Waals surface area contributed by atoms with Crippen LogP contribution in [0.3, 0.4) is 0 Å². The van der Waals surface area contributed by atoms with Crippen molar-refractivity contribution in [2.45, 2.75) is 19.4 Å². The molecule has 5 nitrogen and oxygen atoms in total. The molecule has 0 spiro atoms. The van der Waals surface area contributed by atoms with Crippen molar-refractivity contribution in [3.05, 3.63) is 54.0 Å². The van der Waals surface area contributed by atoms with Gasteiger partial charge in [-0.15, -0.1) is 0 Å². The standard InChI is InChI=1S/C16H16N2O3/c1-11-9-12-5-2-3-6-13(12)18(11)15(19)10-17-16(20)14-7-4-8-21-14/h2-8,11H,9-10H2,1H3,(H,17,20). The van der Waals surface area contributed by atoms with E-state index in [0.29, 0.717) is 0 Å². The molecule has 1 aliphatic rings. The van der Waals surface area contributed by atoms with Crippen LogP contribution >= 0.6 is 0 Å². The van der Waals surface area contributed by atoms with Crippen molar-refractivity contribution in [1.82, 2.24) is 5.32 Å². The molecule has 0 aliphatic carbocycles. The van der Waals surface area contributed by atoms with Crippen LogP contribution in [0.4, 0.5) is 5.69 Å². The zero-order chi connectivity index (χ0) is 14.8. The van der Waals surface area contributed by atoms with E-state index in [9.17, 15) is 9.59 Å². The van der Waals surface area contributed by atoms with Crippen LogP contribution in [0.2, 0.25) is 0 Å². The second-order valence-electron chi connectivity index (χ2n) is 5.11. The SMILES string of the molecule is CC1Cc2ccccc2N1C(=O)CNC(=O)c1ccco1. The maximum absolute atomic E-state index is 12.4. The van der Waals surface area contributed by atoms with E-state index in [2.05, 4.69) is 5.32 Å². The number of nitrogens with one attached hydrogen (secondary N) is 1. The molecule has 1 N–H and O–H groups in total. The molecule has 2 aromatic rings. The molecule has 2 amide bonds. The van der Waals surface area contributed by atoms with Crippen LogP contribution in [0, 0.1) is 0 Å². The van der Waals surface area contributed by atoms with Gasteiger partial charge in [-0.05, 0) is 37.1 Å². The van der Waals surface area contributed by atoms with E-state index in [4.69, 9.17) is 4.42 Å². The van der Waals surface area contributed by atoms with Crippen LogP contribution < -0.4 is 10.2 Å². The third-order valence-corrected chi connectivity index (χ3v) is 3.62. The smallest absolute Gasteiger partial charge is 0.287 e. The minimum Gasteiger partial charge on any atom is -0.459 e. The average Bonchev–Trinajstić information content (AvgIpc) is 3.10. The summed E-state index contributed by atoms with van der Waals surface area (Å²) in [5, 5.41) is 2.59. The van der Waals surface area contributed by atoms with Crippen molar-refractivity contribution in [2.24, 2.45) is 0 Å². The molecule has 0 saturated heterocycles. The number of carbonyl (C=O) groups is 2. The summed E-state index contributed by atoms with van der Waals surface area (Å²) in [4.78, 5) is 25.9. The quantitative estimate of drug-likeness (QED) is 0.937. The summed E-state index contributed by atoms with van der Waals surface area (Å²) in [5.41, 5.74) is 2.10. The first kappa shape index (κ1) is 13.4. The Kier molecular flexibility index (Phi) is 3.48. The lowest BCUT2D eigenvalue weighted by Gasteiger charge is -2.22. The van der Waals surface area contributed by atoms with Crippen molar-refractivity contribution < 1.29 is 14.0 Å². The molecule has 3 rings (SSSR count). The molecule has 1 aliphatic heterocycles. The van der Waals surface area contributed by atoms with Gasteiger partial charge in [0.25, 0.3) is 5.91 Å². The van der Waals surface area contributed by atoms with Crippen molar-refractivity contribution in [2.75, 3.05) is 11.4 Å². The zero-order valence-electron chi connectivity index (χ0n) is 11.7. The Labute approximate surface area is 122 Å². The molecule has 0 saturated carbocycles. The number of carbonyl (C=O) groups excluding carboxylic acids is 2. The van der Waals surface area contributed by atoms with E-state index in [-0.39, 0.29) is 30.2 Å². The van der Waals surface area contributed by atoms with Gasteiger partial charge in [0, 0.05) is 11.7 Å². The summed E-state index contributed by atoms with van der Waals surface area (Å²) in [6.45, 7) is 1.96. The van der Waals surface area contributed by atoms with Crippen LogP contribution in [-0.4, -0.2) is 24.4 Å². The molecule has 1 aromatic carbocycles. The summed E-state index contributed by atoms with van der Waals surface area (Å²) in [6.07, 6.45) is 2.27. The Morgan fingerprint density at radius 3 is 2.86 bits per heavy atom. The molecule has 1 unspecified atom stereocenters. The number of hydrogen-bond donors (Lipinski definition) is 1. The number of nitrogens with zero attached hydrogens (tertiary/aromatic N) is 1. The van der Waals surface area contributed by atoms with E-state index >= 15 is 0 Å². The van der Waals surface area contributed by atoms with Gasteiger partial charge in [0.1, 0.15) is 0 Å². The molecule has 5 heteroatoms. The predicted octanol–water partition coefficient (Wildman–Crippen LogP) is 1.99. The van der Waals surface area contributed by atoms with Crippen molar-refractivity contribution >= 4 is 17.5 Å². The Bertz CT molecular complexity index is 664. The first-order chi connectivity index (χ1) is 10.2. The number of amides is 2. The van der Waals surface area contributed by atoms with Gasteiger partial charge in [-0.1, -0.05) is 18.2 Å². The van der Waals surface area contributed by atoms with Crippen LogP contribution in [0.25, 0.3) is 0 Å². The Morgan fingerprint density at radius 1 is 1.29 bits per heavy atom. The fourth-order valence-electron chi connectivity index (χ4n) is 2.68. The molecule has 0 fully saturated rings. The molecule has 21 heavy (non-hydrogen) atoms. The fourth-order valence-corrected chi connectivity index (χ4v) is 2.68. The van der Waals surface area contributed by atoms with E-state index in [1.54, 1.807) is 17.0 Å². The minimum absolute atomic E-state index is 0.0434. The normalized spacial score (nSPS) is 16.6. The topological polar surface area (TPSA) is 62.6 Å². The largest absolute Gasteiger partial charge is 0.459 e. The lowest BCUT2D eigenvalue weighted by atomic mass is 10.1. The number of fused-ring (bicyclic) bond motifs is 1. The van der Waals surface area contributed by atoms with E-state index in [1.165, 1.54) is 6.26 Å². The number of para-hydroxylation sites is 1. The number of rotatable bonds is 3. The van der Waals surface area contributed by atoms with Gasteiger partial charge in [0.15, 0.2) is 5.76 Å². The van der Waals surface area contributed by atoms with Gasteiger partial charge in [-0.2, -0.15) is 0 Å². The highest BCUT2D eigenvalue weighted by atomic mass is 16.3. The van der Waals surface area contributed by atoms with Crippen molar-refractivity contribution in [3.8, 4) is 0 Å². The lowest BCUT2D eigenvalue weighted by molar-refractivity contribution is -0.118. The average molecular weight is 284 g/mol. The highest BCUT2D eigenvalue weighted by molar-refractivity contribution is 6.00. The second-order valence-corrected chi connectivity index (χ2v) is 5.11. The molecule has 0 bridgehead atoms. The molecule has 1 aromatic heterocycles. The van der Waals surface area contributed by atoms with Gasteiger partial charge in [-0.25, -0.2) is 0 Å². The molecule has 1 atom stereocenters. The molecule has 2 heterocycles. The van der Waals surface area contributed by atoms with E-state index in [0.717, 1.165) is 17.7 Å². The van der Waals surface area contributed by atoms with Crippen molar-refractivity contribution in [3.63, 3.8) is 0 Å². The maximum atomic E-state index is 12.4. The van der Waals surface area contributed by atoms with Gasteiger partial charge in [0.05, 0.1) is 12.8 Å². The first-order valence-corrected chi connectivity index (χ1v) is 6.88. The Balaban J connectivity index is 1.67. The zero-order valence-corrected chi connectivity index (χ0v) is 11.7. The van der Waals surface area contributed by atoms with Crippen LogP contribution in [-0.2, 0) is 11.2 Å². The summed E-state index contributed by atoms with van der Waals surface area (Å²) in [7, 11) is 0. The molecule has 108 valence electrons. The summed E-state index contributed by atoms with van der Waals surface area (Å²) >= 11 is 0. The fraction of sp³-hybridized carbons (Fsp3) is 0.250. The monoisotopic (exact) mass is 284 g/mol. The number of hydrogen-bond acceptors (Lipinski definition) is 3. The van der Waals surface area contributed by atoms with Gasteiger partial charge in [-0.3, -0.25) is 9.59 Å². The van der Waals surface area contributed by atoms with Crippen molar-refractivity contribution in [1.29, 1.82) is 0 Å². The first-order valence-electron chi connectivity index (χ1n) is 6.88. The van der Waals surface area contributed by atoms with Crippen LogP contribution in [0.1, 0.15) is 23.0 Å². The highest BCUT2D eigenvalue weighted by Crippen LogP contribution is 2.31. The molecule has 0 radical (unpaired) electrons. The summed E-state index contributed by atoms with van der Waals surface area (Å²) in [5.74, 6) is -0.293. The van der Waals surface area contributed by atoms with Gasteiger partial charge in [0.2, 0.25) is 5.91 Å². The third kappa shape index (κ3) is 2.54. The molecular formula is C16H16N2O3. The summed E-state index contributed by atoms with van der Waals surface area (Å²) in [6, 6.07) is 11.2. The minimum atomic E-state index is -0.381. The highest BCUT2D eigenvalue weighted by Gasteiger charge is 2.30. The third-order valence-electron chi connectivity index (χ3n) is 3.62. The van der Waals surface area contributed by atoms with Gasteiger partial charge < -0.3 is 14.6 Å². The maximum Gasteiger partial charge on any atom is 0.287 e. The van der Waals surface area contributed by atoms with Crippen LogP contribution in [0.15, 0.2) is 47.1 Å². The Hall–Kier alpha value is -2.56. The second kappa shape index (κ2) is 5.44. The summed E-state index contributed by atoms with van der Waals surface area (Å²) < 4.78 is 4.99. The number of benzene rings is 1. The number of anilines is 1. The van der Waals surface area contributed by atoms with E-state index < -0.39 is 0 Å². The van der Waals surface area contributed by atoms with Crippen LogP contribution in [0.5, 0.6) is 0 Å². The van der Waals surface area contributed by atoms with Gasteiger partial charge >= 0.3 is 0 Å². The molecular weight excluding hydrogens is 268 g/mol. The Morgan fingerprint density at radius 2 is 2.10 bits per heavy atom. The number of furan rings is 1. The lowest BCUT2D eigenvalue weighted by Crippen LogP contribution is -2.43.